The zero-order valence-electron chi connectivity index (χ0n) is 38.6. The van der Waals surface area contributed by atoms with E-state index in [2.05, 4.69) is 116 Å². The quantitative estimate of drug-likeness (QED) is 0.0275. The largest absolute Gasteiger partial charge is 0.756 e. The number of allylic oxidation sites excluding steroid dienone is 17. The molecule has 342 valence electrons. The highest BCUT2D eigenvalue weighted by Gasteiger charge is 2.23. The van der Waals surface area contributed by atoms with Crippen LogP contribution in [-0.4, -0.2) is 68.5 Å². The van der Waals surface area contributed by atoms with Crippen molar-refractivity contribution in [2.45, 2.75) is 167 Å². The summed E-state index contributed by atoms with van der Waals surface area (Å²) >= 11 is 0. The van der Waals surface area contributed by atoms with E-state index in [0.717, 1.165) is 83.5 Å². The average molecular weight is 855 g/mol. The summed E-state index contributed by atoms with van der Waals surface area (Å²) in [6, 6.07) is -0.928. The Balaban J connectivity index is 4.48. The number of rotatable bonds is 40. The Morgan fingerprint density at radius 2 is 1.03 bits per heavy atom. The van der Waals surface area contributed by atoms with Gasteiger partial charge in [0, 0.05) is 6.42 Å². The van der Waals surface area contributed by atoms with Crippen molar-refractivity contribution in [2.24, 2.45) is 0 Å². The molecule has 60 heavy (non-hydrogen) atoms. The van der Waals surface area contributed by atoms with E-state index in [1.807, 2.05) is 27.2 Å². The molecule has 3 atom stereocenters. The van der Waals surface area contributed by atoms with Gasteiger partial charge in [-0.2, -0.15) is 0 Å². The summed E-state index contributed by atoms with van der Waals surface area (Å²) in [6.45, 7) is 4.44. The number of amides is 1. The van der Waals surface area contributed by atoms with Gasteiger partial charge in [-0.1, -0.05) is 168 Å². The Morgan fingerprint density at radius 3 is 1.55 bits per heavy atom. The third-order valence-electron chi connectivity index (χ3n) is 9.47. The van der Waals surface area contributed by atoms with Crippen LogP contribution in [0.15, 0.2) is 109 Å². The summed E-state index contributed by atoms with van der Waals surface area (Å²) in [7, 11) is 1.20. The second-order valence-electron chi connectivity index (χ2n) is 16.4. The normalized spacial score (nSPS) is 15.2. The third-order valence-corrected chi connectivity index (χ3v) is 10.4. The fourth-order valence-corrected chi connectivity index (χ4v) is 6.52. The summed E-state index contributed by atoms with van der Waals surface area (Å²) in [5, 5.41) is 13.7. The molecule has 0 fully saturated rings. The summed E-state index contributed by atoms with van der Waals surface area (Å²) in [4.78, 5) is 25.3. The van der Waals surface area contributed by atoms with Gasteiger partial charge in [-0.15, -0.1) is 0 Å². The van der Waals surface area contributed by atoms with Crippen molar-refractivity contribution < 1.29 is 32.9 Å². The smallest absolute Gasteiger partial charge is 0.268 e. The predicted octanol–water partition coefficient (Wildman–Crippen LogP) is 12.7. The third kappa shape index (κ3) is 43.3. The molecular weight excluding hydrogens is 768 g/mol. The number of nitrogens with zero attached hydrogens (tertiary/aromatic N) is 1. The number of hydrogen-bond acceptors (Lipinski definition) is 6. The van der Waals surface area contributed by atoms with Crippen LogP contribution in [0.5, 0.6) is 0 Å². The first-order valence-electron chi connectivity index (χ1n) is 23.2. The van der Waals surface area contributed by atoms with Crippen LogP contribution in [0.1, 0.15) is 155 Å². The van der Waals surface area contributed by atoms with Crippen LogP contribution < -0.4 is 10.2 Å². The van der Waals surface area contributed by atoms with E-state index in [9.17, 15) is 19.4 Å². The van der Waals surface area contributed by atoms with E-state index in [-0.39, 0.29) is 18.9 Å². The van der Waals surface area contributed by atoms with E-state index in [4.69, 9.17) is 9.05 Å². The maximum atomic E-state index is 12.9. The molecule has 0 bridgehead atoms. The zero-order valence-corrected chi connectivity index (χ0v) is 39.5. The molecule has 3 unspecified atom stereocenters. The van der Waals surface area contributed by atoms with Crippen molar-refractivity contribution in [3.05, 3.63) is 109 Å². The molecule has 0 aromatic carbocycles. The van der Waals surface area contributed by atoms with Gasteiger partial charge in [-0.05, 0) is 89.9 Å². The molecular formula is C51H87N2O6P. The Bertz CT molecular complexity index is 1340. The molecule has 0 saturated carbocycles. The van der Waals surface area contributed by atoms with E-state index in [0.29, 0.717) is 17.4 Å². The van der Waals surface area contributed by atoms with Crippen molar-refractivity contribution in [3.8, 4) is 0 Å². The fourth-order valence-electron chi connectivity index (χ4n) is 5.79. The van der Waals surface area contributed by atoms with Crippen molar-refractivity contribution in [2.75, 3.05) is 40.9 Å². The number of nitrogens with one attached hydrogen (secondary N) is 1. The first kappa shape index (κ1) is 57.2. The number of phosphoric acid groups is 1. The molecule has 0 saturated heterocycles. The van der Waals surface area contributed by atoms with Crippen molar-refractivity contribution in [1.29, 1.82) is 0 Å². The molecule has 0 spiro atoms. The second kappa shape index (κ2) is 41.5. The lowest BCUT2D eigenvalue weighted by molar-refractivity contribution is -0.870. The monoisotopic (exact) mass is 855 g/mol. The summed E-state index contributed by atoms with van der Waals surface area (Å²) in [5.74, 6) is -0.246. The van der Waals surface area contributed by atoms with Crippen LogP contribution in [0.2, 0.25) is 0 Å². The van der Waals surface area contributed by atoms with Crippen molar-refractivity contribution in [3.63, 3.8) is 0 Å². The molecule has 0 aliphatic rings. The molecule has 0 aromatic heterocycles. The SMILES string of the molecule is CC/C=C\C/C=C\C/C=C\C/C=C\C/C=C\C/C=C\C/C=C\CCCCCC(=O)NC(COP(=O)([O-])OCC[N+](C)(C)C)C(O)/C=C/CC/C=C/CCCCCCCCC. The molecule has 0 aliphatic carbocycles. The molecule has 9 heteroatoms. The fraction of sp³-hybridized carbons (Fsp3) is 0.627. The number of carbonyl (C=O) groups is 1. The first-order valence-corrected chi connectivity index (χ1v) is 24.7. The van der Waals surface area contributed by atoms with Gasteiger partial charge in [0.2, 0.25) is 5.91 Å². The second-order valence-corrected chi connectivity index (χ2v) is 17.8. The topological polar surface area (TPSA) is 108 Å². The first-order chi connectivity index (χ1) is 29.0. The number of quaternary nitrogens is 1. The summed E-state index contributed by atoms with van der Waals surface area (Å²) < 4.78 is 23.2. The Kier molecular flexibility index (Phi) is 39.5. The average Bonchev–Trinajstić information content (AvgIpc) is 3.20. The van der Waals surface area contributed by atoms with Crippen LogP contribution in [0.4, 0.5) is 0 Å². The highest BCUT2D eigenvalue weighted by atomic mass is 31.2. The molecule has 8 nitrogen and oxygen atoms in total. The van der Waals surface area contributed by atoms with E-state index >= 15 is 0 Å². The van der Waals surface area contributed by atoms with Crippen LogP contribution >= 0.6 is 7.82 Å². The Morgan fingerprint density at radius 1 is 0.600 bits per heavy atom. The van der Waals surface area contributed by atoms with Gasteiger partial charge in [0.1, 0.15) is 13.2 Å². The minimum Gasteiger partial charge on any atom is -0.756 e. The summed E-state index contributed by atoms with van der Waals surface area (Å²) in [5.41, 5.74) is 0. The minimum atomic E-state index is -4.61. The number of carbonyl (C=O) groups excluding carboxylic acids is 1. The van der Waals surface area contributed by atoms with Gasteiger partial charge in [-0.3, -0.25) is 9.36 Å². The van der Waals surface area contributed by atoms with Crippen LogP contribution in [0.25, 0.3) is 0 Å². The van der Waals surface area contributed by atoms with Gasteiger partial charge in [0.15, 0.2) is 0 Å². The standard InChI is InChI=1S/C51H87N2O6P/c1-6-8-10-12-14-16-18-20-21-22-23-24-25-26-27-28-29-30-31-33-35-37-39-41-43-45-51(55)52-49(48-59-60(56,57)58-47-46-53(3,4)5)50(54)44-42-40-38-36-34-32-19-17-15-13-11-9-7-2/h8,10,14,16,20-21,23-24,26-27,29-30,33-36,42,44,49-50,54H,6-7,9,11-13,15,17-19,22,25,28,31-32,37-41,43,45-48H2,1-5H3,(H-,52,55,56,57)/b10-8-,16-14-,21-20-,24-23-,27-26-,30-29-,35-33-,36-34+,44-42+. The molecule has 0 aliphatic heterocycles. The maximum Gasteiger partial charge on any atom is 0.268 e. The number of hydrogen-bond donors (Lipinski definition) is 2. The van der Waals surface area contributed by atoms with Gasteiger partial charge in [0.25, 0.3) is 7.82 Å². The molecule has 1 amide bonds. The number of aliphatic hydroxyl groups is 1. The van der Waals surface area contributed by atoms with E-state index in [1.165, 1.54) is 44.9 Å². The van der Waals surface area contributed by atoms with Crippen LogP contribution in [0.3, 0.4) is 0 Å². The van der Waals surface area contributed by atoms with Gasteiger partial charge >= 0.3 is 0 Å². The van der Waals surface area contributed by atoms with E-state index in [1.54, 1.807) is 6.08 Å². The highest BCUT2D eigenvalue weighted by Crippen LogP contribution is 2.38. The number of phosphoric ester groups is 1. The number of likely N-dealkylation sites (N-methyl/N-ethyl adjacent to an activating group) is 1. The Hall–Kier alpha value is -2.84. The van der Waals surface area contributed by atoms with Crippen molar-refractivity contribution in [1.82, 2.24) is 5.32 Å². The van der Waals surface area contributed by atoms with Gasteiger partial charge in [-0.25, -0.2) is 0 Å². The molecule has 2 N–H and O–H groups in total. The highest BCUT2D eigenvalue weighted by molar-refractivity contribution is 7.45. The lowest BCUT2D eigenvalue weighted by atomic mass is 10.1. The summed E-state index contributed by atoms with van der Waals surface area (Å²) in [6.07, 6.45) is 60.0. The molecule has 0 radical (unpaired) electrons. The van der Waals surface area contributed by atoms with Gasteiger partial charge in [0.05, 0.1) is 39.9 Å². The number of aliphatic hydroxyl groups excluding tert-OH is 1. The molecule has 0 rings (SSSR count). The zero-order chi connectivity index (χ0) is 44.3. The molecule has 0 aromatic rings. The lowest BCUT2D eigenvalue weighted by Gasteiger charge is -2.29. The van der Waals surface area contributed by atoms with Crippen LogP contribution in [0, 0.1) is 0 Å². The predicted molar refractivity (Wildman–Crippen MR) is 256 cm³/mol. The van der Waals surface area contributed by atoms with Gasteiger partial charge < -0.3 is 28.8 Å². The van der Waals surface area contributed by atoms with E-state index < -0.39 is 26.6 Å². The maximum absolute atomic E-state index is 12.9. The van der Waals surface area contributed by atoms with Crippen molar-refractivity contribution >= 4 is 13.7 Å². The minimum absolute atomic E-state index is 0.0199. The van der Waals surface area contributed by atoms with Crippen LogP contribution in [-0.2, 0) is 18.4 Å². The molecule has 0 heterocycles. The number of unbranched alkanes of at least 4 members (excludes halogenated alkanes) is 11. The lowest BCUT2D eigenvalue weighted by Crippen LogP contribution is -2.45. The Labute approximate surface area is 368 Å².